The minimum atomic E-state index is 0.0800. The Morgan fingerprint density at radius 1 is 1.20 bits per heavy atom. The molecule has 3 aromatic rings. The topological polar surface area (TPSA) is 53.6 Å². The van der Waals surface area contributed by atoms with Crippen molar-refractivity contribution in [3.63, 3.8) is 0 Å². The van der Waals surface area contributed by atoms with Crippen LogP contribution in [0.15, 0.2) is 48.9 Å². The Bertz CT molecular complexity index is 676. The van der Waals surface area contributed by atoms with Gasteiger partial charge in [-0.1, -0.05) is 25.1 Å². The second-order valence-electron chi connectivity index (χ2n) is 4.82. The molecule has 0 aliphatic heterocycles. The first-order chi connectivity index (χ1) is 9.88. The zero-order valence-corrected chi connectivity index (χ0v) is 11.5. The average Bonchev–Trinajstić information content (AvgIpc) is 3.02. The fourth-order valence-electron chi connectivity index (χ4n) is 2.36. The third-order valence-electron chi connectivity index (χ3n) is 3.35. The van der Waals surface area contributed by atoms with Gasteiger partial charge in [0.1, 0.15) is 5.82 Å². The van der Waals surface area contributed by atoms with Crippen LogP contribution >= 0.6 is 0 Å². The number of nitrogens with zero attached hydrogens (tertiary/aromatic N) is 2. The number of H-pyrrole nitrogens is 1. The molecule has 20 heavy (non-hydrogen) atoms. The molecule has 1 aromatic carbocycles. The van der Waals surface area contributed by atoms with Gasteiger partial charge in [0.25, 0.3) is 0 Å². The Labute approximate surface area is 118 Å². The third-order valence-corrected chi connectivity index (χ3v) is 3.35. The number of nitrogens with one attached hydrogen (secondary N) is 2. The van der Waals surface area contributed by atoms with E-state index in [0.717, 1.165) is 29.7 Å². The van der Waals surface area contributed by atoms with E-state index in [0.29, 0.717) is 0 Å². The number of benzene rings is 1. The van der Waals surface area contributed by atoms with E-state index in [4.69, 9.17) is 0 Å². The maximum atomic E-state index is 4.43. The summed E-state index contributed by atoms with van der Waals surface area (Å²) in [5.41, 5.74) is 2.19. The van der Waals surface area contributed by atoms with Crippen molar-refractivity contribution in [2.24, 2.45) is 0 Å². The van der Waals surface area contributed by atoms with Crippen molar-refractivity contribution >= 4 is 10.9 Å². The highest BCUT2D eigenvalue weighted by Gasteiger charge is 2.15. The molecule has 0 saturated carbocycles. The SMILES string of the molecule is CCCNC(c1ccc2cccnc2c1)c1ncc[nH]1. The normalized spacial score (nSPS) is 12.7. The number of pyridine rings is 1. The molecule has 1 unspecified atom stereocenters. The fourth-order valence-corrected chi connectivity index (χ4v) is 2.36. The predicted molar refractivity (Wildman–Crippen MR) is 80.5 cm³/mol. The zero-order chi connectivity index (χ0) is 13.8. The number of aromatic nitrogens is 3. The van der Waals surface area contributed by atoms with Crippen molar-refractivity contribution in [2.45, 2.75) is 19.4 Å². The lowest BCUT2D eigenvalue weighted by atomic mass is 10.0. The first-order valence-electron chi connectivity index (χ1n) is 6.96. The van der Waals surface area contributed by atoms with E-state index in [9.17, 15) is 0 Å². The summed E-state index contributed by atoms with van der Waals surface area (Å²) in [5.74, 6) is 0.939. The molecule has 2 aromatic heterocycles. The van der Waals surface area contributed by atoms with Gasteiger partial charge in [0.05, 0.1) is 11.6 Å². The Morgan fingerprint density at radius 3 is 2.95 bits per heavy atom. The summed E-state index contributed by atoms with van der Waals surface area (Å²) < 4.78 is 0. The maximum absolute atomic E-state index is 4.43. The first kappa shape index (κ1) is 12.8. The van der Waals surface area contributed by atoms with Gasteiger partial charge in [-0.15, -0.1) is 0 Å². The molecular weight excluding hydrogens is 248 g/mol. The average molecular weight is 266 g/mol. The number of aromatic amines is 1. The smallest absolute Gasteiger partial charge is 0.127 e. The van der Waals surface area contributed by atoms with Gasteiger partial charge in [0, 0.05) is 24.0 Å². The van der Waals surface area contributed by atoms with Crippen LogP contribution in [0.1, 0.15) is 30.8 Å². The summed E-state index contributed by atoms with van der Waals surface area (Å²) in [6, 6.07) is 10.5. The molecule has 4 heteroatoms. The standard InChI is InChI=1S/C16H18N4/c1-2-7-18-15(16-19-9-10-20-16)13-6-5-12-4-3-8-17-14(12)11-13/h3-6,8-11,15,18H,2,7H2,1H3,(H,19,20). The van der Waals surface area contributed by atoms with Crippen molar-refractivity contribution in [1.82, 2.24) is 20.3 Å². The molecule has 1 atom stereocenters. The van der Waals surface area contributed by atoms with Gasteiger partial charge in [-0.2, -0.15) is 0 Å². The Balaban J connectivity index is 1.99. The van der Waals surface area contributed by atoms with E-state index in [1.807, 2.05) is 18.5 Å². The second-order valence-corrected chi connectivity index (χ2v) is 4.82. The zero-order valence-electron chi connectivity index (χ0n) is 11.5. The second kappa shape index (κ2) is 5.84. The number of imidazole rings is 1. The largest absolute Gasteiger partial charge is 0.347 e. The van der Waals surface area contributed by atoms with Gasteiger partial charge >= 0.3 is 0 Å². The van der Waals surface area contributed by atoms with Crippen molar-refractivity contribution in [1.29, 1.82) is 0 Å². The van der Waals surface area contributed by atoms with Crippen LogP contribution in [0.2, 0.25) is 0 Å². The van der Waals surface area contributed by atoms with Gasteiger partial charge < -0.3 is 10.3 Å². The van der Waals surface area contributed by atoms with Crippen LogP contribution in [-0.2, 0) is 0 Å². The fraction of sp³-hybridized carbons (Fsp3) is 0.250. The van der Waals surface area contributed by atoms with Gasteiger partial charge in [0.15, 0.2) is 0 Å². The van der Waals surface area contributed by atoms with Crippen LogP contribution in [0.3, 0.4) is 0 Å². The molecule has 4 nitrogen and oxygen atoms in total. The molecule has 2 heterocycles. The molecule has 2 N–H and O–H groups in total. The minimum Gasteiger partial charge on any atom is -0.347 e. The molecule has 0 aliphatic carbocycles. The van der Waals surface area contributed by atoms with Crippen LogP contribution in [-0.4, -0.2) is 21.5 Å². The quantitative estimate of drug-likeness (QED) is 0.746. The number of rotatable bonds is 5. The lowest BCUT2D eigenvalue weighted by Gasteiger charge is -2.17. The lowest BCUT2D eigenvalue weighted by Crippen LogP contribution is -2.24. The van der Waals surface area contributed by atoms with Gasteiger partial charge in [0.2, 0.25) is 0 Å². The summed E-state index contributed by atoms with van der Waals surface area (Å²) in [6.07, 6.45) is 6.56. The summed E-state index contributed by atoms with van der Waals surface area (Å²) in [4.78, 5) is 12.0. The molecule has 0 amide bonds. The minimum absolute atomic E-state index is 0.0800. The molecular formula is C16H18N4. The van der Waals surface area contributed by atoms with Crippen LogP contribution < -0.4 is 5.32 Å². The molecule has 0 radical (unpaired) electrons. The van der Waals surface area contributed by atoms with Crippen LogP contribution in [0.5, 0.6) is 0 Å². The molecule has 0 saturated heterocycles. The molecule has 0 bridgehead atoms. The first-order valence-corrected chi connectivity index (χ1v) is 6.96. The Morgan fingerprint density at radius 2 is 2.15 bits per heavy atom. The molecule has 0 spiro atoms. The van der Waals surface area contributed by atoms with E-state index in [1.165, 1.54) is 5.56 Å². The molecule has 0 fully saturated rings. The van der Waals surface area contributed by atoms with Crippen molar-refractivity contribution < 1.29 is 0 Å². The van der Waals surface area contributed by atoms with Crippen molar-refractivity contribution in [3.8, 4) is 0 Å². The van der Waals surface area contributed by atoms with Crippen LogP contribution in [0.4, 0.5) is 0 Å². The van der Waals surface area contributed by atoms with Crippen LogP contribution in [0.25, 0.3) is 10.9 Å². The number of fused-ring (bicyclic) bond motifs is 1. The van der Waals surface area contributed by atoms with E-state index < -0.39 is 0 Å². The van der Waals surface area contributed by atoms with E-state index in [2.05, 4.69) is 51.5 Å². The summed E-state index contributed by atoms with van der Waals surface area (Å²) in [7, 11) is 0. The van der Waals surface area contributed by atoms with E-state index in [-0.39, 0.29) is 6.04 Å². The van der Waals surface area contributed by atoms with Gasteiger partial charge in [-0.05, 0) is 30.7 Å². The van der Waals surface area contributed by atoms with Gasteiger partial charge in [-0.25, -0.2) is 4.98 Å². The van der Waals surface area contributed by atoms with Crippen LogP contribution in [0, 0.1) is 0 Å². The summed E-state index contributed by atoms with van der Waals surface area (Å²) in [6.45, 7) is 3.11. The van der Waals surface area contributed by atoms with E-state index in [1.54, 1.807) is 6.20 Å². The molecule has 102 valence electrons. The van der Waals surface area contributed by atoms with Gasteiger partial charge in [-0.3, -0.25) is 4.98 Å². The highest BCUT2D eigenvalue weighted by molar-refractivity contribution is 5.79. The molecule has 3 rings (SSSR count). The Kier molecular flexibility index (Phi) is 3.74. The Hall–Kier alpha value is -2.20. The van der Waals surface area contributed by atoms with Crippen molar-refractivity contribution in [3.05, 3.63) is 60.3 Å². The monoisotopic (exact) mass is 266 g/mol. The molecule has 0 aliphatic rings. The number of hydrogen-bond donors (Lipinski definition) is 2. The predicted octanol–water partition coefficient (Wildman–Crippen LogP) is 3.05. The maximum Gasteiger partial charge on any atom is 0.127 e. The van der Waals surface area contributed by atoms with Crippen molar-refractivity contribution in [2.75, 3.05) is 6.54 Å². The highest BCUT2D eigenvalue weighted by Crippen LogP contribution is 2.22. The third kappa shape index (κ3) is 2.56. The number of hydrogen-bond acceptors (Lipinski definition) is 3. The highest BCUT2D eigenvalue weighted by atomic mass is 15.0. The van der Waals surface area contributed by atoms with E-state index >= 15 is 0 Å². The summed E-state index contributed by atoms with van der Waals surface area (Å²) in [5, 5.41) is 4.69. The lowest BCUT2D eigenvalue weighted by molar-refractivity contribution is 0.577. The summed E-state index contributed by atoms with van der Waals surface area (Å²) >= 11 is 0.